The van der Waals surface area contributed by atoms with Gasteiger partial charge in [-0.05, 0) is 79.8 Å². The van der Waals surface area contributed by atoms with Crippen LogP contribution < -0.4 is 27.1 Å². The van der Waals surface area contributed by atoms with Crippen molar-refractivity contribution in [2.24, 2.45) is 0 Å². The Balaban J connectivity index is 1.11. The lowest BCUT2D eigenvalue weighted by atomic mass is 10.0. The topological polar surface area (TPSA) is 136 Å². The van der Waals surface area contributed by atoms with Crippen molar-refractivity contribution in [2.45, 2.75) is 64.5 Å². The molecule has 1 saturated heterocycles. The molecule has 0 unspecified atom stereocenters. The number of H-pyrrole nitrogens is 2. The standard InChI is InChI=1S/C38H44FN7O4/c1-25(2)34-31(40-24-46(34)16-6-15-44-17-19-45(20-18-44)38(50)41-30-9-3-4-10-30)23-33-37(49)42-32(36(48)43-33)22-26-7-5-8-28(21-26)35(47)27-11-13-29(39)14-12-27/h5,7-8,11-14,21-25,30H,3-4,6,9-10,15-20H2,1-2H3,(H,41,50)(H,42,49)(H,43,48)/b32-22-,33-23-. The number of piperazine rings is 1. The lowest BCUT2D eigenvalue weighted by Crippen LogP contribution is -2.53. The summed E-state index contributed by atoms with van der Waals surface area (Å²) in [7, 11) is 0. The van der Waals surface area contributed by atoms with Crippen molar-refractivity contribution in [2.75, 3.05) is 32.7 Å². The molecule has 2 aliphatic rings. The van der Waals surface area contributed by atoms with Crippen LogP contribution in [-0.2, 0) is 6.54 Å². The third-order valence-electron chi connectivity index (χ3n) is 9.50. The molecule has 2 aromatic heterocycles. The molecule has 11 nitrogen and oxygen atoms in total. The van der Waals surface area contributed by atoms with E-state index in [1.54, 1.807) is 36.7 Å². The summed E-state index contributed by atoms with van der Waals surface area (Å²) in [5, 5.41) is 3.33. The lowest BCUT2D eigenvalue weighted by Gasteiger charge is -2.35. The first-order valence-electron chi connectivity index (χ1n) is 17.4. The second-order valence-corrected chi connectivity index (χ2v) is 13.5. The molecular formula is C38H44FN7O4. The summed E-state index contributed by atoms with van der Waals surface area (Å²) in [5.74, 6) is -0.597. The van der Waals surface area contributed by atoms with Crippen molar-refractivity contribution in [3.05, 3.63) is 120 Å². The van der Waals surface area contributed by atoms with E-state index in [9.17, 15) is 23.6 Å². The molecule has 2 fully saturated rings. The van der Waals surface area contributed by atoms with E-state index in [2.05, 4.69) is 43.6 Å². The van der Waals surface area contributed by atoms with Crippen LogP contribution >= 0.6 is 0 Å². The minimum atomic E-state index is -0.493. The Morgan fingerprint density at radius 1 is 0.920 bits per heavy atom. The fourth-order valence-corrected chi connectivity index (χ4v) is 6.84. The largest absolute Gasteiger partial charge is 0.335 e. The van der Waals surface area contributed by atoms with E-state index in [1.807, 2.05) is 4.90 Å². The van der Waals surface area contributed by atoms with Gasteiger partial charge in [-0.25, -0.2) is 14.2 Å². The average Bonchev–Trinajstić information content (AvgIpc) is 3.77. The van der Waals surface area contributed by atoms with Crippen LogP contribution in [0.2, 0.25) is 0 Å². The van der Waals surface area contributed by atoms with Gasteiger partial charge in [0.05, 0.1) is 12.0 Å². The van der Waals surface area contributed by atoms with E-state index in [0.29, 0.717) is 28.4 Å². The van der Waals surface area contributed by atoms with Crippen molar-refractivity contribution in [1.29, 1.82) is 0 Å². The molecule has 0 bridgehead atoms. The highest BCUT2D eigenvalue weighted by Crippen LogP contribution is 2.21. The normalized spacial score (nSPS) is 16.4. The Hall–Kier alpha value is -5.10. The number of hydrogen-bond donors (Lipinski definition) is 3. The number of benzene rings is 2. The maximum absolute atomic E-state index is 13.3. The highest BCUT2D eigenvalue weighted by atomic mass is 19.1. The van der Waals surface area contributed by atoms with Crippen molar-refractivity contribution in [1.82, 2.24) is 34.6 Å². The minimum Gasteiger partial charge on any atom is -0.335 e. The highest BCUT2D eigenvalue weighted by molar-refractivity contribution is 6.09. The quantitative estimate of drug-likeness (QED) is 0.220. The van der Waals surface area contributed by atoms with E-state index in [0.717, 1.165) is 64.2 Å². The van der Waals surface area contributed by atoms with Crippen LogP contribution in [0.15, 0.2) is 64.4 Å². The van der Waals surface area contributed by atoms with Gasteiger partial charge in [-0.1, -0.05) is 44.9 Å². The SMILES string of the molecule is CC(C)c1c(/C=c2\[nH]c(=O)/c(=C/c3cccc(C(=O)c4ccc(F)cc4)c3)[nH]c2=O)ncn1CCCN1CCN(C(=O)NC2CCCC2)CC1. The molecule has 3 heterocycles. The first kappa shape index (κ1) is 34.8. The van der Waals surface area contributed by atoms with E-state index < -0.39 is 16.9 Å². The highest BCUT2D eigenvalue weighted by Gasteiger charge is 2.24. The van der Waals surface area contributed by atoms with Gasteiger partial charge >= 0.3 is 6.03 Å². The summed E-state index contributed by atoms with van der Waals surface area (Å²) in [6.45, 7) is 8.95. The van der Waals surface area contributed by atoms with Crippen molar-refractivity contribution in [3.63, 3.8) is 0 Å². The number of carbonyl (C=O) groups excluding carboxylic acids is 2. The summed E-state index contributed by atoms with van der Waals surface area (Å²) >= 11 is 0. The van der Waals surface area contributed by atoms with Crippen LogP contribution in [0.3, 0.4) is 0 Å². The fraction of sp³-hybridized carbons (Fsp3) is 0.395. The molecule has 50 heavy (non-hydrogen) atoms. The predicted octanol–water partition coefficient (Wildman–Crippen LogP) is 3.07. The van der Waals surface area contributed by atoms with Gasteiger partial charge in [-0.3, -0.25) is 19.3 Å². The molecule has 3 N–H and O–H groups in total. The number of aryl methyl sites for hydroxylation is 1. The zero-order valence-electron chi connectivity index (χ0n) is 28.6. The molecule has 1 aliphatic carbocycles. The number of nitrogens with one attached hydrogen (secondary N) is 3. The van der Waals surface area contributed by atoms with Gasteiger partial charge in [-0.15, -0.1) is 0 Å². The maximum atomic E-state index is 13.3. The number of amides is 2. The number of aromatic amines is 2. The number of urea groups is 1. The Bertz CT molecular complexity index is 2070. The van der Waals surface area contributed by atoms with Gasteiger partial charge in [-0.2, -0.15) is 0 Å². The van der Waals surface area contributed by atoms with Crippen LogP contribution in [0.25, 0.3) is 12.2 Å². The van der Waals surface area contributed by atoms with E-state index in [4.69, 9.17) is 0 Å². The number of aromatic nitrogens is 4. The Kier molecular flexibility index (Phi) is 10.9. The lowest BCUT2D eigenvalue weighted by molar-refractivity contribution is 0.103. The molecule has 6 rings (SSSR count). The molecule has 0 atom stereocenters. The molecule has 262 valence electrons. The Labute approximate surface area is 289 Å². The number of carbonyl (C=O) groups is 2. The molecular weight excluding hydrogens is 637 g/mol. The van der Waals surface area contributed by atoms with E-state index in [-0.39, 0.29) is 28.4 Å². The van der Waals surface area contributed by atoms with Gasteiger partial charge in [0.2, 0.25) is 0 Å². The first-order chi connectivity index (χ1) is 24.1. The number of hydrogen-bond acceptors (Lipinski definition) is 6. The molecule has 0 spiro atoms. The summed E-state index contributed by atoms with van der Waals surface area (Å²) in [6, 6.07) is 12.3. The number of nitrogens with zero attached hydrogens (tertiary/aromatic N) is 4. The van der Waals surface area contributed by atoms with Gasteiger partial charge in [0.1, 0.15) is 16.5 Å². The number of halogens is 1. The van der Waals surface area contributed by atoms with Gasteiger partial charge in [0, 0.05) is 55.6 Å². The minimum absolute atomic E-state index is 0.0448. The summed E-state index contributed by atoms with van der Waals surface area (Å²) in [6.07, 6.45) is 10.4. The van der Waals surface area contributed by atoms with Gasteiger partial charge in [0.15, 0.2) is 5.78 Å². The van der Waals surface area contributed by atoms with Gasteiger partial charge < -0.3 is 24.8 Å². The average molecular weight is 682 g/mol. The molecule has 2 amide bonds. The van der Waals surface area contributed by atoms with Crippen LogP contribution in [0, 0.1) is 5.82 Å². The molecule has 2 aromatic carbocycles. The predicted molar refractivity (Wildman–Crippen MR) is 190 cm³/mol. The van der Waals surface area contributed by atoms with Crippen LogP contribution in [-0.4, -0.2) is 79.9 Å². The smallest absolute Gasteiger partial charge is 0.317 e. The maximum Gasteiger partial charge on any atom is 0.317 e. The third kappa shape index (κ3) is 8.36. The first-order valence-corrected chi connectivity index (χ1v) is 17.4. The molecule has 1 aliphatic heterocycles. The molecule has 1 saturated carbocycles. The van der Waals surface area contributed by atoms with Crippen LogP contribution in [0.1, 0.15) is 84.7 Å². The zero-order chi connectivity index (χ0) is 35.2. The number of imidazole rings is 1. The summed E-state index contributed by atoms with van der Waals surface area (Å²) in [5.41, 5.74) is 1.87. The molecule has 0 radical (unpaired) electrons. The van der Waals surface area contributed by atoms with Crippen LogP contribution in [0.4, 0.5) is 9.18 Å². The molecule has 4 aromatic rings. The fourth-order valence-electron chi connectivity index (χ4n) is 6.84. The zero-order valence-corrected chi connectivity index (χ0v) is 28.6. The van der Waals surface area contributed by atoms with Crippen molar-refractivity contribution < 1.29 is 14.0 Å². The Morgan fingerprint density at radius 3 is 2.28 bits per heavy atom. The third-order valence-corrected chi connectivity index (χ3v) is 9.50. The van der Waals surface area contributed by atoms with E-state index in [1.165, 1.54) is 43.2 Å². The van der Waals surface area contributed by atoms with E-state index >= 15 is 0 Å². The summed E-state index contributed by atoms with van der Waals surface area (Å²) < 4.78 is 15.4. The number of ketones is 1. The number of rotatable bonds is 10. The van der Waals surface area contributed by atoms with Crippen LogP contribution in [0.5, 0.6) is 0 Å². The van der Waals surface area contributed by atoms with Gasteiger partial charge in [0.25, 0.3) is 11.1 Å². The molecule has 12 heteroatoms. The monoisotopic (exact) mass is 681 g/mol. The van der Waals surface area contributed by atoms with Crippen molar-refractivity contribution >= 4 is 24.0 Å². The second-order valence-electron chi connectivity index (χ2n) is 13.5. The second kappa shape index (κ2) is 15.6. The summed E-state index contributed by atoms with van der Waals surface area (Å²) in [4.78, 5) is 66.0. The Morgan fingerprint density at radius 2 is 1.60 bits per heavy atom. The van der Waals surface area contributed by atoms with Crippen molar-refractivity contribution in [3.8, 4) is 0 Å².